The number of carbonyl (C=O) groups is 5. The minimum Gasteiger partial charge on any atom is -0.467 e. The second kappa shape index (κ2) is 24.8. The van der Waals surface area contributed by atoms with Crippen molar-refractivity contribution in [3.63, 3.8) is 0 Å². The molecule has 0 aromatic carbocycles. The number of amides is 3. The fourth-order valence-electron chi connectivity index (χ4n) is 4.99. The number of rotatable bonds is 25. The number of nitrogens with one attached hydrogen (secondary N) is 2. The van der Waals surface area contributed by atoms with Gasteiger partial charge >= 0.3 is 11.9 Å². The molecule has 0 spiro atoms. The van der Waals surface area contributed by atoms with Crippen molar-refractivity contribution >= 4 is 29.7 Å². The van der Waals surface area contributed by atoms with Crippen LogP contribution in [0.15, 0.2) is 0 Å². The first kappa shape index (κ1) is 42.8. The molecule has 0 aromatic heterocycles. The van der Waals surface area contributed by atoms with Crippen molar-refractivity contribution < 1.29 is 52.4 Å². The molecule has 0 saturated carbocycles. The van der Waals surface area contributed by atoms with E-state index in [-0.39, 0.29) is 57.1 Å². The molecular weight excluding hydrogens is 626 g/mol. The number of ether oxygens (including phenoxy) is 6. The van der Waals surface area contributed by atoms with E-state index in [1.807, 2.05) is 27.7 Å². The first-order valence-electron chi connectivity index (χ1n) is 16.7. The third kappa shape index (κ3) is 17.2. The van der Waals surface area contributed by atoms with Gasteiger partial charge in [0.2, 0.25) is 17.7 Å². The van der Waals surface area contributed by atoms with E-state index in [1.54, 1.807) is 0 Å². The lowest BCUT2D eigenvalue weighted by Gasteiger charge is -2.24. The highest BCUT2D eigenvalue weighted by Crippen LogP contribution is 2.26. The van der Waals surface area contributed by atoms with Crippen LogP contribution in [0.5, 0.6) is 0 Å². The van der Waals surface area contributed by atoms with Gasteiger partial charge in [0.25, 0.3) is 0 Å². The molecule has 3 amide bonds. The molecule has 0 aliphatic carbocycles. The number of nitrogens with zero attached hydrogens (tertiary/aromatic N) is 1. The molecule has 14 nitrogen and oxygen atoms in total. The molecule has 0 radical (unpaired) electrons. The Hall–Kier alpha value is -3.25. The maximum absolute atomic E-state index is 13.6. The summed E-state index contributed by atoms with van der Waals surface area (Å²) in [5.74, 6) is -1.52. The quantitative estimate of drug-likeness (QED) is 0.0810. The monoisotopic (exact) mass is 683 g/mol. The van der Waals surface area contributed by atoms with Gasteiger partial charge in [0, 0.05) is 13.1 Å². The van der Waals surface area contributed by atoms with Crippen LogP contribution in [0.4, 0.5) is 0 Å². The molecule has 48 heavy (non-hydrogen) atoms. The summed E-state index contributed by atoms with van der Waals surface area (Å²) in [6.45, 7) is 10.5. The fraction of sp³-hybridized carbons (Fsp3) is 0.794. The number of hydrogen-bond donors (Lipinski definition) is 2. The summed E-state index contributed by atoms with van der Waals surface area (Å²) in [7, 11) is 2.49. The largest absolute Gasteiger partial charge is 0.467 e. The van der Waals surface area contributed by atoms with Crippen molar-refractivity contribution in [1.82, 2.24) is 15.5 Å². The number of esters is 2. The van der Waals surface area contributed by atoms with E-state index in [0.717, 1.165) is 0 Å². The second-order valence-electron chi connectivity index (χ2n) is 12.5. The van der Waals surface area contributed by atoms with Crippen LogP contribution < -0.4 is 10.6 Å². The van der Waals surface area contributed by atoms with Gasteiger partial charge in [0.1, 0.15) is 18.7 Å². The first-order chi connectivity index (χ1) is 22.9. The van der Waals surface area contributed by atoms with Gasteiger partial charge in [-0.1, -0.05) is 33.6 Å². The van der Waals surface area contributed by atoms with Gasteiger partial charge in [-0.05, 0) is 37.5 Å². The minimum atomic E-state index is -0.955. The molecule has 1 rings (SSSR count). The highest BCUT2D eigenvalue weighted by molar-refractivity contribution is 5.93. The summed E-state index contributed by atoms with van der Waals surface area (Å²) < 4.78 is 31.3. The zero-order valence-corrected chi connectivity index (χ0v) is 29.6. The molecule has 0 unspecified atom stereocenters. The second-order valence-corrected chi connectivity index (χ2v) is 12.5. The van der Waals surface area contributed by atoms with Crippen LogP contribution in [0, 0.1) is 36.0 Å². The molecule has 274 valence electrons. The fourth-order valence-corrected chi connectivity index (χ4v) is 4.99. The van der Waals surface area contributed by atoms with Crippen molar-refractivity contribution in [2.45, 2.75) is 71.9 Å². The summed E-state index contributed by atoms with van der Waals surface area (Å²) in [5.41, 5.74) is 0. The van der Waals surface area contributed by atoms with E-state index in [1.165, 1.54) is 19.1 Å². The number of carbonyl (C=O) groups excluding carboxylic acids is 5. The lowest BCUT2D eigenvalue weighted by atomic mass is 9.92. The van der Waals surface area contributed by atoms with Crippen LogP contribution in [-0.4, -0.2) is 127 Å². The molecular formula is C34H57N3O11. The van der Waals surface area contributed by atoms with Crippen LogP contribution in [0.3, 0.4) is 0 Å². The normalized spacial score (nSPS) is 17.1. The van der Waals surface area contributed by atoms with Crippen molar-refractivity contribution in [1.29, 1.82) is 0 Å². The predicted octanol–water partition coefficient (Wildman–Crippen LogP) is 1.34. The van der Waals surface area contributed by atoms with Crippen LogP contribution >= 0.6 is 0 Å². The summed E-state index contributed by atoms with van der Waals surface area (Å²) in [6, 6.07) is -1.80. The molecule has 1 heterocycles. The third-order valence-electron chi connectivity index (χ3n) is 7.78. The van der Waals surface area contributed by atoms with E-state index < -0.39 is 47.7 Å². The van der Waals surface area contributed by atoms with Crippen LogP contribution in [0.25, 0.3) is 0 Å². The van der Waals surface area contributed by atoms with Crippen LogP contribution in [0.1, 0.15) is 59.8 Å². The summed E-state index contributed by atoms with van der Waals surface area (Å²) >= 11 is 0. The Morgan fingerprint density at radius 2 is 1.06 bits per heavy atom. The molecule has 14 heteroatoms. The lowest BCUT2D eigenvalue weighted by molar-refractivity contribution is -0.147. The Balaban J connectivity index is 2.81. The number of likely N-dealkylation sites (tertiary alicyclic amines) is 1. The maximum atomic E-state index is 13.6. The van der Waals surface area contributed by atoms with Crippen molar-refractivity contribution in [2.24, 2.45) is 23.7 Å². The molecule has 1 saturated heterocycles. The Kier molecular flexibility index (Phi) is 22.1. The smallest absolute Gasteiger partial charge is 0.328 e. The average molecular weight is 684 g/mol. The number of terminal acetylenes is 1. The maximum Gasteiger partial charge on any atom is 0.328 e. The Bertz CT molecular complexity index is 976. The van der Waals surface area contributed by atoms with E-state index in [0.29, 0.717) is 58.7 Å². The zero-order chi connectivity index (χ0) is 35.9. The zero-order valence-electron chi connectivity index (χ0n) is 29.6. The average Bonchev–Trinajstić information content (AvgIpc) is 3.52. The van der Waals surface area contributed by atoms with Crippen LogP contribution in [0.2, 0.25) is 0 Å². The van der Waals surface area contributed by atoms with Gasteiger partial charge in [-0.15, -0.1) is 6.42 Å². The highest BCUT2D eigenvalue weighted by atomic mass is 16.6. The molecule has 1 aliphatic heterocycles. The topological polar surface area (TPSA) is 168 Å². The standard InChI is InChI=1S/C34H57N3O11/c1-8-14-45-16-18-47-20-21-48-19-17-46-15-13-30(38)37-22-26(31(39)35-28(33(41)43-6)11-9-24(2)3)27(23-37)32(40)36-29(34(42)44-7)12-10-25(4)5/h1,24-29H,9-23H2,2-7H3,(H,35,39)(H,36,40)/t26-,27-,28+,29+/m1/s1. The lowest BCUT2D eigenvalue weighted by Crippen LogP contribution is -2.50. The molecule has 4 atom stereocenters. The van der Waals surface area contributed by atoms with E-state index >= 15 is 0 Å². The van der Waals surface area contributed by atoms with Gasteiger partial charge in [-0.2, -0.15) is 0 Å². The summed E-state index contributed by atoms with van der Waals surface area (Å²) in [6.07, 6.45) is 7.18. The van der Waals surface area contributed by atoms with Crippen molar-refractivity contribution in [3.05, 3.63) is 0 Å². The number of methoxy groups -OCH3 is 2. The Morgan fingerprint density at radius 1 is 0.667 bits per heavy atom. The van der Waals surface area contributed by atoms with Crippen molar-refractivity contribution in [3.8, 4) is 12.3 Å². The van der Waals surface area contributed by atoms with Gasteiger partial charge < -0.3 is 44.0 Å². The predicted molar refractivity (Wildman–Crippen MR) is 176 cm³/mol. The van der Waals surface area contributed by atoms with Gasteiger partial charge in [0.05, 0.1) is 78.7 Å². The molecule has 2 N–H and O–H groups in total. The van der Waals surface area contributed by atoms with E-state index in [4.69, 9.17) is 34.8 Å². The van der Waals surface area contributed by atoms with E-state index in [2.05, 4.69) is 16.6 Å². The Morgan fingerprint density at radius 3 is 1.44 bits per heavy atom. The third-order valence-corrected chi connectivity index (χ3v) is 7.78. The SMILES string of the molecule is C#CCOCCOCCOCCOCCC(=O)N1C[C@@H](C(=O)N[C@@H](CCC(C)C)C(=O)OC)[C@H](C(=O)N[C@@H](CCC(C)C)C(=O)OC)C1. The summed E-state index contributed by atoms with van der Waals surface area (Å²) in [5, 5.41) is 5.50. The van der Waals surface area contributed by atoms with Gasteiger partial charge in [0.15, 0.2) is 0 Å². The van der Waals surface area contributed by atoms with Crippen LogP contribution in [-0.2, 0) is 52.4 Å². The summed E-state index contributed by atoms with van der Waals surface area (Å²) in [4.78, 5) is 66.7. The Labute approximate surface area is 285 Å². The minimum absolute atomic E-state index is 0.0296. The molecule has 1 aliphatic rings. The molecule has 0 bridgehead atoms. The molecule has 0 aromatic rings. The van der Waals surface area contributed by atoms with Crippen molar-refractivity contribution in [2.75, 3.05) is 80.2 Å². The van der Waals surface area contributed by atoms with Gasteiger partial charge in [-0.25, -0.2) is 9.59 Å². The number of hydrogen-bond acceptors (Lipinski definition) is 11. The van der Waals surface area contributed by atoms with E-state index in [9.17, 15) is 24.0 Å². The first-order valence-corrected chi connectivity index (χ1v) is 16.7. The van der Waals surface area contributed by atoms with Gasteiger partial charge in [-0.3, -0.25) is 14.4 Å². The molecule has 1 fully saturated rings. The highest BCUT2D eigenvalue weighted by Gasteiger charge is 2.45.